The van der Waals surface area contributed by atoms with E-state index in [1.54, 1.807) is 38.1 Å². The van der Waals surface area contributed by atoms with Gasteiger partial charge in [-0.15, -0.1) is 0 Å². The fourth-order valence-corrected chi connectivity index (χ4v) is 6.06. The molecule has 202 valence electrons. The van der Waals surface area contributed by atoms with Gasteiger partial charge in [0.15, 0.2) is 0 Å². The quantitative estimate of drug-likeness (QED) is 0.250. The van der Waals surface area contributed by atoms with Crippen molar-refractivity contribution in [2.45, 2.75) is 58.9 Å². The van der Waals surface area contributed by atoms with Gasteiger partial charge < -0.3 is 10.1 Å². The molecule has 0 saturated carbocycles. The fourth-order valence-electron chi connectivity index (χ4n) is 4.27. The van der Waals surface area contributed by atoms with Crippen LogP contribution < -0.4 is 5.32 Å². The highest BCUT2D eigenvalue weighted by atomic mass is 32.2. The van der Waals surface area contributed by atoms with Crippen LogP contribution in [0, 0.1) is 27.7 Å². The van der Waals surface area contributed by atoms with Crippen LogP contribution >= 0.6 is 0 Å². The summed E-state index contributed by atoms with van der Waals surface area (Å²) in [6, 6.07) is 17.6. The zero-order chi connectivity index (χ0) is 27.9. The van der Waals surface area contributed by atoms with Crippen molar-refractivity contribution in [3.05, 3.63) is 94.0 Å². The summed E-state index contributed by atoms with van der Waals surface area (Å²) in [6.45, 7) is 9.47. The third kappa shape index (κ3) is 7.52. The third-order valence-corrected chi connectivity index (χ3v) is 8.24. The molecule has 0 aliphatic carbocycles. The van der Waals surface area contributed by atoms with Gasteiger partial charge in [-0.3, -0.25) is 4.79 Å². The van der Waals surface area contributed by atoms with E-state index in [4.69, 9.17) is 4.74 Å². The second kappa shape index (κ2) is 12.8. The molecule has 8 heteroatoms. The van der Waals surface area contributed by atoms with Crippen LogP contribution in [0.25, 0.3) is 0 Å². The first kappa shape index (κ1) is 29.1. The average Bonchev–Trinajstić information content (AvgIpc) is 2.84. The zero-order valence-corrected chi connectivity index (χ0v) is 23.5. The molecule has 0 fully saturated rings. The van der Waals surface area contributed by atoms with Gasteiger partial charge in [-0.2, -0.15) is 4.31 Å². The average molecular weight is 537 g/mol. The van der Waals surface area contributed by atoms with Crippen molar-refractivity contribution in [1.29, 1.82) is 0 Å². The summed E-state index contributed by atoms with van der Waals surface area (Å²) in [4.78, 5) is 25.4. The Bertz CT molecular complexity index is 1360. The number of unbranched alkanes of at least 4 members (excludes halogenated alkanes) is 1. The molecule has 0 saturated heterocycles. The molecular formula is C30H36N2O5S. The molecule has 3 aromatic carbocycles. The number of benzene rings is 3. The molecule has 0 spiro atoms. The predicted octanol–water partition coefficient (Wildman–Crippen LogP) is 5.71. The molecule has 0 unspecified atom stereocenters. The number of hydrogen-bond acceptors (Lipinski definition) is 5. The number of carbonyl (C=O) groups excluding carboxylic acids is 2. The number of sulfonamides is 1. The number of aryl methyl sites for hydroxylation is 4. The van der Waals surface area contributed by atoms with E-state index >= 15 is 0 Å². The maximum Gasteiger partial charge on any atom is 0.338 e. The normalized spacial score (nSPS) is 11.4. The summed E-state index contributed by atoms with van der Waals surface area (Å²) in [5.41, 5.74) is 4.92. The summed E-state index contributed by atoms with van der Waals surface area (Å²) < 4.78 is 34.2. The zero-order valence-electron chi connectivity index (χ0n) is 22.7. The van der Waals surface area contributed by atoms with Crippen molar-refractivity contribution in [2.75, 3.05) is 18.5 Å². The van der Waals surface area contributed by atoms with Gasteiger partial charge in [0.05, 0.1) is 23.6 Å². The number of nitrogens with zero attached hydrogens (tertiary/aromatic N) is 1. The van der Waals surface area contributed by atoms with E-state index < -0.39 is 21.9 Å². The number of carbonyl (C=O) groups is 2. The number of hydrogen-bond donors (Lipinski definition) is 1. The Kier molecular flexibility index (Phi) is 9.83. The Hall–Kier alpha value is -3.49. The van der Waals surface area contributed by atoms with Gasteiger partial charge >= 0.3 is 5.97 Å². The van der Waals surface area contributed by atoms with Crippen LogP contribution in [-0.2, 0) is 26.1 Å². The fraction of sp³-hybridized carbons (Fsp3) is 0.333. The molecule has 0 radical (unpaired) electrons. The third-order valence-electron chi connectivity index (χ3n) is 6.14. The van der Waals surface area contributed by atoms with Crippen LogP contribution in [0.15, 0.2) is 65.6 Å². The lowest BCUT2D eigenvalue weighted by Gasteiger charge is -2.24. The van der Waals surface area contributed by atoms with E-state index in [2.05, 4.69) is 5.32 Å². The molecule has 0 aliphatic rings. The summed E-state index contributed by atoms with van der Waals surface area (Å²) in [7, 11) is -3.99. The van der Waals surface area contributed by atoms with Gasteiger partial charge in [-0.1, -0.05) is 60.9 Å². The number of nitrogens with one attached hydrogen (secondary N) is 1. The second-order valence-electron chi connectivity index (χ2n) is 9.60. The van der Waals surface area contributed by atoms with Crippen LogP contribution in [0.3, 0.4) is 0 Å². The maximum absolute atomic E-state index is 13.9. The minimum absolute atomic E-state index is 0.0470. The Morgan fingerprint density at radius 2 is 1.47 bits per heavy atom. The first-order valence-corrected chi connectivity index (χ1v) is 14.2. The van der Waals surface area contributed by atoms with E-state index in [9.17, 15) is 18.0 Å². The van der Waals surface area contributed by atoms with E-state index in [0.717, 1.165) is 29.5 Å². The standard InChI is InChI=1S/C30H36N2O5S/c1-6-7-16-37-30(34)26-12-14-27(15-13-26)31-28(33)20-32(19-25-10-8-21(2)9-11-25)38(35,36)29-23(4)17-22(3)18-24(29)5/h8-15,17-18H,6-7,16,19-20H2,1-5H3,(H,31,33). The molecule has 0 heterocycles. The lowest BCUT2D eigenvalue weighted by atomic mass is 10.1. The first-order chi connectivity index (χ1) is 18.0. The van der Waals surface area contributed by atoms with Crippen molar-refractivity contribution in [1.82, 2.24) is 4.31 Å². The summed E-state index contributed by atoms with van der Waals surface area (Å²) >= 11 is 0. The van der Waals surface area contributed by atoms with Gasteiger partial charge in [-0.25, -0.2) is 13.2 Å². The molecule has 1 N–H and O–H groups in total. The number of ether oxygens (including phenoxy) is 1. The Labute approximate surface area is 225 Å². The molecule has 3 aromatic rings. The topological polar surface area (TPSA) is 92.8 Å². The smallest absolute Gasteiger partial charge is 0.338 e. The highest BCUT2D eigenvalue weighted by molar-refractivity contribution is 7.89. The monoisotopic (exact) mass is 536 g/mol. The lowest BCUT2D eigenvalue weighted by Crippen LogP contribution is -2.38. The number of anilines is 1. The van der Waals surface area contributed by atoms with Crippen LogP contribution in [0.5, 0.6) is 0 Å². The Morgan fingerprint density at radius 3 is 2.05 bits per heavy atom. The highest BCUT2D eigenvalue weighted by Crippen LogP contribution is 2.27. The van der Waals surface area contributed by atoms with Crippen molar-refractivity contribution in [3.63, 3.8) is 0 Å². The molecular weight excluding hydrogens is 500 g/mol. The maximum atomic E-state index is 13.9. The van der Waals surface area contributed by atoms with Crippen molar-refractivity contribution in [2.24, 2.45) is 0 Å². The summed E-state index contributed by atoms with van der Waals surface area (Å²) in [6.07, 6.45) is 1.72. The van der Waals surface area contributed by atoms with Gasteiger partial charge in [0.2, 0.25) is 15.9 Å². The number of amides is 1. The van der Waals surface area contributed by atoms with Gasteiger partial charge in [0, 0.05) is 12.2 Å². The number of rotatable bonds is 11. The Balaban J connectivity index is 1.82. The molecule has 3 rings (SSSR count). The highest BCUT2D eigenvalue weighted by Gasteiger charge is 2.30. The largest absolute Gasteiger partial charge is 0.462 e. The van der Waals surface area contributed by atoms with Crippen LogP contribution in [0.1, 0.15) is 57.9 Å². The van der Waals surface area contributed by atoms with E-state index in [1.807, 2.05) is 57.2 Å². The van der Waals surface area contributed by atoms with E-state index in [0.29, 0.717) is 29.0 Å². The van der Waals surface area contributed by atoms with Crippen molar-refractivity contribution < 1.29 is 22.7 Å². The van der Waals surface area contributed by atoms with Gasteiger partial charge in [0.1, 0.15) is 0 Å². The summed E-state index contributed by atoms with van der Waals surface area (Å²) in [5, 5.41) is 2.75. The van der Waals surface area contributed by atoms with Crippen LogP contribution in [-0.4, -0.2) is 37.8 Å². The second-order valence-corrected chi connectivity index (χ2v) is 11.5. The van der Waals surface area contributed by atoms with Crippen molar-refractivity contribution in [3.8, 4) is 0 Å². The minimum atomic E-state index is -3.99. The minimum Gasteiger partial charge on any atom is -0.462 e. The molecule has 38 heavy (non-hydrogen) atoms. The number of esters is 1. The first-order valence-electron chi connectivity index (χ1n) is 12.7. The molecule has 7 nitrogen and oxygen atoms in total. The van der Waals surface area contributed by atoms with Gasteiger partial charge in [0.25, 0.3) is 0 Å². The molecule has 0 atom stereocenters. The molecule has 1 amide bonds. The van der Waals surface area contributed by atoms with Crippen molar-refractivity contribution >= 4 is 27.6 Å². The predicted molar refractivity (Wildman–Crippen MR) is 150 cm³/mol. The lowest BCUT2D eigenvalue weighted by molar-refractivity contribution is -0.116. The van der Waals surface area contributed by atoms with Gasteiger partial charge in [-0.05, 0) is 75.1 Å². The molecule has 0 aliphatic heterocycles. The Morgan fingerprint density at radius 1 is 0.868 bits per heavy atom. The SMILES string of the molecule is CCCCOC(=O)c1ccc(NC(=O)CN(Cc2ccc(C)cc2)S(=O)(=O)c2c(C)cc(C)cc2C)cc1. The van der Waals surface area contributed by atoms with Crippen LogP contribution in [0.2, 0.25) is 0 Å². The molecule has 0 bridgehead atoms. The molecule has 0 aromatic heterocycles. The summed E-state index contributed by atoms with van der Waals surface area (Å²) in [5.74, 6) is -0.906. The van der Waals surface area contributed by atoms with Crippen LogP contribution in [0.4, 0.5) is 5.69 Å². The van der Waals surface area contributed by atoms with E-state index in [1.165, 1.54) is 4.31 Å². The van der Waals surface area contributed by atoms with E-state index in [-0.39, 0.29) is 18.0 Å².